The molecule has 0 unspecified atom stereocenters. The van der Waals surface area contributed by atoms with Crippen LogP contribution in [0, 0.1) is 30.6 Å². The molecule has 3 nitrogen and oxygen atoms in total. The molecule has 0 N–H and O–H groups in total. The molecule has 1 aromatic rings. The van der Waals surface area contributed by atoms with Crippen LogP contribution in [0.1, 0.15) is 26.7 Å². The third-order valence-corrected chi connectivity index (χ3v) is 3.22. The van der Waals surface area contributed by atoms with E-state index in [9.17, 15) is 0 Å². The highest BCUT2D eigenvalue weighted by molar-refractivity contribution is 5.55. The molecule has 0 saturated carbocycles. The van der Waals surface area contributed by atoms with Gasteiger partial charge in [0.1, 0.15) is 24.7 Å². The summed E-state index contributed by atoms with van der Waals surface area (Å²) in [6.45, 7) is 5.91. The summed E-state index contributed by atoms with van der Waals surface area (Å²) in [4.78, 5) is 2.19. The highest BCUT2D eigenvalue weighted by Crippen LogP contribution is 2.28. The van der Waals surface area contributed by atoms with E-state index in [2.05, 4.69) is 37.6 Å². The van der Waals surface area contributed by atoms with Gasteiger partial charge in [-0.2, -0.15) is 0 Å². The van der Waals surface area contributed by atoms with Gasteiger partial charge in [0.15, 0.2) is 0 Å². The molecule has 0 spiro atoms. The van der Waals surface area contributed by atoms with Crippen molar-refractivity contribution in [3.8, 4) is 36.2 Å². The van der Waals surface area contributed by atoms with Crippen molar-refractivity contribution in [2.45, 2.75) is 26.7 Å². The van der Waals surface area contributed by atoms with E-state index < -0.39 is 0 Å². The fraction of sp³-hybridized carbons (Fsp3) is 0.474. The number of hydrogen-bond donors (Lipinski definition) is 0. The van der Waals surface area contributed by atoms with Crippen molar-refractivity contribution < 1.29 is 9.47 Å². The summed E-state index contributed by atoms with van der Waals surface area (Å²) in [5.74, 6) is 7.03. The molecule has 0 heterocycles. The summed E-state index contributed by atoms with van der Waals surface area (Å²) in [6, 6.07) is 5.74. The van der Waals surface area contributed by atoms with Crippen LogP contribution < -0.4 is 14.4 Å². The summed E-state index contributed by atoms with van der Waals surface area (Å²) < 4.78 is 11.0. The van der Waals surface area contributed by atoms with Crippen LogP contribution in [0.4, 0.5) is 5.69 Å². The van der Waals surface area contributed by atoms with Gasteiger partial charge in [-0.25, -0.2) is 0 Å². The van der Waals surface area contributed by atoms with Crippen LogP contribution >= 0.6 is 0 Å². The van der Waals surface area contributed by atoms with Crippen LogP contribution in [0.25, 0.3) is 0 Å². The Bertz CT molecular complexity index is 501. The van der Waals surface area contributed by atoms with Gasteiger partial charge in [0.2, 0.25) is 0 Å². The van der Waals surface area contributed by atoms with Gasteiger partial charge in [-0.05, 0) is 18.8 Å². The van der Waals surface area contributed by atoms with Crippen LogP contribution in [0.5, 0.6) is 11.5 Å². The lowest BCUT2D eigenvalue weighted by atomic mass is 10.1. The van der Waals surface area contributed by atoms with Gasteiger partial charge < -0.3 is 14.4 Å². The number of benzene rings is 1. The summed E-state index contributed by atoms with van der Waals surface area (Å²) in [5.41, 5.74) is 1.03. The zero-order chi connectivity index (χ0) is 16.4. The highest BCUT2D eigenvalue weighted by atomic mass is 16.5. The molecule has 0 atom stereocenters. The Labute approximate surface area is 134 Å². The molecule has 1 aromatic carbocycles. The first-order chi connectivity index (χ1) is 10.6. The molecule has 0 aliphatic rings. The van der Waals surface area contributed by atoms with Crippen LogP contribution in [0.2, 0.25) is 0 Å². The topological polar surface area (TPSA) is 21.7 Å². The summed E-state index contributed by atoms with van der Waals surface area (Å²) >= 11 is 0. The van der Waals surface area contributed by atoms with Gasteiger partial charge in [0.05, 0.1) is 0 Å². The van der Waals surface area contributed by atoms with Crippen LogP contribution in [-0.4, -0.2) is 26.8 Å². The second-order valence-corrected chi connectivity index (χ2v) is 5.61. The van der Waals surface area contributed by atoms with Crippen molar-refractivity contribution in [2.24, 2.45) is 5.92 Å². The van der Waals surface area contributed by atoms with Gasteiger partial charge in [0, 0.05) is 37.5 Å². The Kier molecular flexibility index (Phi) is 7.79. The molecule has 0 bridgehead atoms. The van der Waals surface area contributed by atoms with Crippen molar-refractivity contribution in [3.05, 3.63) is 18.2 Å². The number of terminal acetylenes is 2. The Hall–Kier alpha value is -2.26. The minimum Gasteiger partial charge on any atom is -0.481 e. The summed E-state index contributed by atoms with van der Waals surface area (Å²) in [6.07, 6.45) is 12.8. The summed E-state index contributed by atoms with van der Waals surface area (Å²) in [5, 5.41) is 0. The second kappa shape index (κ2) is 9.64. The Morgan fingerprint density at radius 3 is 2.05 bits per heavy atom. The Morgan fingerprint density at radius 1 is 1.05 bits per heavy atom. The zero-order valence-electron chi connectivity index (χ0n) is 13.8. The first kappa shape index (κ1) is 17.8. The first-order valence-corrected chi connectivity index (χ1v) is 7.55. The van der Waals surface area contributed by atoms with E-state index in [1.165, 1.54) is 6.42 Å². The van der Waals surface area contributed by atoms with E-state index in [0.717, 1.165) is 18.7 Å². The van der Waals surface area contributed by atoms with Gasteiger partial charge in [-0.15, -0.1) is 12.8 Å². The summed E-state index contributed by atoms with van der Waals surface area (Å²) in [7, 11) is 2.06. The zero-order valence-corrected chi connectivity index (χ0v) is 13.8. The number of rotatable bonds is 9. The molecule has 0 radical (unpaired) electrons. The maximum atomic E-state index is 5.51. The third kappa shape index (κ3) is 6.46. The minimum absolute atomic E-state index is 0.231. The lowest BCUT2D eigenvalue weighted by Crippen LogP contribution is -2.19. The maximum Gasteiger partial charge on any atom is 0.148 e. The minimum atomic E-state index is 0.231. The number of nitrogens with zero attached hydrogens (tertiary/aromatic N) is 1. The molecule has 0 amide bonds. The molecule has 1 rings (SSSR count). The van der Waals surface area contributed by atoms with E-state index in [4.69, 9.17) is 22.3 Å². The van der Waals surface area contributed by atoms with Crippen LogP contribution in [0.15, 0.2) is 18.2 Å². The van der Waals surface area contributed by atoms with Crippen molar-refractivity contribution in [2.75, 3.05) is 31.7 Å². The predicted molar refractivity (Wildman–Crippen MR) is 92.4 cm³/mol. The third-order valence-electron chi connectivity index (χ3n) is 3.22. The molecule has 0 aliphatic carbocycles. The van der Waals surface area contributed by atoms with Crippen molar-refractivity contribution in [1.29, 1.82) is 0 Å². The molecule has 22 heavy (non-hydrogen) atoms. The predicted octanol–water partition coefficient (Wildman–Crippen LogP) is 3.58. The van der Waals surface area contributed by atoms with E-state index in [1.54, 1.807) is 6.07 Å². The second-order valence-electron chi connectivity index (χ2n) is 5.61. The van der Waals surface area contributed by atoms with Crippen molar-refractivity contribution in [1.82, 2.24) is 0 Å². The Balaban J connectivity index is 2.81. The van der Waals surface area contributed by atoms with Crippen LogP contribution in [0.3, 0.4) is 0 Å². The van der Waals surface area contributed by atoms with Crippen molar-refractivity contribution >= 4 is 5.69 Å². The monoisotopic (exact) mass is 299 g/mol. The quantitative estimate of drug-likeness (QED) is 0.651. The number of hydrogen-bond acceptors (Lipinski definition) is 3. The van der Waals surface area contributed by atoms with Gasteiger partial charge in [-0.1, -0.05) is 25.7 Å². The standard InChI is InChI=1S/C19H25NO2/c1-6-11-21-18-13-17(14-19(15-18)22-12-7-2)20(5)10-8-9-16(3)4/h1-2,13-16H,8-12H2,3-5H3. The van der Waals surface area contributed by atoms with E-state index in [0.29, 0.717) is 17.4 Å². The molecular weight excluding hydrogens is 274 g/mol. The average molecular weight is 299 g/mol. The smallest absolute Gasteiger partial charge is 0.148 e. The molecule has 118 valence electrons. The van der Waals surface area contributed by atoms with Gasteiger partial charge in [0.25, 0.3) is 0 Å². The van der Waals surface area contributed by atoms with E-state index in [-0.39, 0.29) is 13.2 Å². The van der Waals surface area contributed by atoms with E-state index in [1.807, 2.05) is 12.1 Å². The fourth-order valence-corrected chi connectivity index (χ4v) is 2.06. The molecule has 3 heteroatoms. The Morgan fingerprint density at radius 2 is 1.59 bits per heavy atom. The lowest BCUT2D eigenvalue weighted by Gasteiger charge is -2.21. The number of anilines is 1. The van der Waals surface area contributed by atoms with Crippen LogP contribution in [-0.2, 0) is 0 Å². The largest absolute Gasteiger partial charge is 0.481 e. The molecule has 0 aromatic heterocycles. The van der Waals surface area contributed by atoms with Gasteiger partial charge >= 0.3 is 0 Å². The fourth-order valence-electron chi connectivity index (χ4n) is 2.06. The highest BCUT2D eigenvalue weighted by Gasteiger charge is 2.07. The number of ether oxygens (including phenoxy) is 2. The molecule has 0 fully saturated rings. The molecule has 0 aliphatic heterocycles. The van der Waals surface area contributed by atoms with Crippen molar-refractivity contribution in [3.63, 3.8) is 0 Å². The first-order valence-electron chi connectivity index (χ1n) is 7.55. The van der Waals surface area contributed by atoms with Gasteiger partial charge in [-0.3, -0.25) is 0 Å². The lowest BCUT2D eigenvalue weighted by molar-refractivity contribution is 0.352. The molecular formula is C19H25NO2. The normalized spacial score (nSPS) is 9.91. The maximum absolute atomic E-state index is 5.51. The SMILES string of the molecule is C#CCOc1cc(OCC#C)cc(N(C)CCCC(C)C)c1. The average Bonchev–Trinajstić information content (AvgIpc) is 2.50. The van der Waals surface area contributed by atoms with E-state index >= 15 is 0 Å². The molecule has 0 saturated heterocycles.